The molecule has 1 aromatic heterocycles. The minimum atomic E-state index is -0.00712. The molecule has 0 saturated carbocycles. The number of hydrogen-bond acceptors (Lipinski definition) is 5. The molecule has 7 nitrogen and oxygen atoms in total. The van der Waals surface area contributed by atoms with Gasteiger partial charge in [0.25, 0.3) is 0 Å². The minimum Gasteiger partial charge on any atom is -0.497 e. The number of aromatic nitrogens is 2. The fraction of sp³-hybridized carbons (Fsp3) is 0.389. The maximum absolute atomic E-state index is 12.3. The van der Waals surface area contributed by atoms with Gasteiger partial charge in [0.1, 0.15) is 11.6 Å². The molecule has 1 N–H and O–H groups in total. The van der Waals surface area contributed by atoms with Crippen LogP contribution in [0.25, 0.3) is 0 Å². The van der Waals surface area contributed by atoms with Gasteiger partial charge < -0.3 is 19.9 Å². The first-order valence-corrected chi connectivity index (χ1v) is 8.43. The predicted molar refractivity (Wildman–Crippen MR) is 95.9 cm³/mol. The first kappa shape index (κ1) is 17.0. The molecule has 7 heteroatoms. The number of benzene rings is 1. The van der Waals surface area contributed by atoms with E-state index in [0.29, 0.717) is 19.6 Å². The van der Waals surface area contributed by atoms with Crippen molar-refractivity contribution in [2.24, 2.45) is 0 Å². The van der Waals surface area contributed by atoms with Crippen molar-refractivity contribution in [1.82, 2.24) is 20.2 Å². The Morgan fingerprint density at radius 2 is 1.92 bits per heavy atom. The molecule has 2 heterocycles. The highest BCUT2D eigenvalue weighted by atomic mass is 16.5. The Labute approximate surface area is 147 Å². The quantitative estimate of drug-likeness (QED) is 0.894. The van der Waals surface area contributed by atoms with Gasteiger partial charge in [-0.05, 0) is 24.1 Å². The summed E-state index contributed by atoms with van der Waals surface area (Å²) in [5, 5.41) is 2.99. The lowest BCUT2D eigenvalue weighted by molar-refractivity contribution is 0.194. The second-order valence-corrected chi connectivity index (χ2v) is 5.87. The lowest BCUT2D eigenvalue weighted by Gasteiger charge is -2.35. The van der Waals surface area contributed by atoms with Crippen LogP contribution in [0.15, 0.2) is 42.9 Å². The van der Waals surface area contributed by atoms with Crippen LogP contribution in [-0.4, -0.2) is 60.7 Å². The third-order valence-corrected chi connectivity index (χ3v) is 4.29. The Morgan fingerprint density at radius 1 is 1.16 bits per heavy atom. The molecule has 2 amide bonds. The largest absolute Gasteiger partial charge is 0.497 e. The summed E-state index contributed by atoms with van der Waals surface area (Å²) in [4.78, 5) is 24.7. The molecule has 0 radical (unpaired) electrons. The van der Waals surface area contributed by atoms with E-state index >= 15 is 0 Å². The Hall–Kier alpha value is -2.83. The van der Waals surface area contributed by atoms with E-state index in [2.05, 4.69) is 20.2 Å². The fourth-order valence-corrected chi connectivity index (χ4v) is 2.81. The summed E-state index contributed by atoms with van der Waals surface area (Å²) >= 11 is 0. The lowest BCUT2D eigenvalue weighted by atomic mass is 10.1. The zero-order chi connectivity index (χ0) is 17.5. The fourth-order valence-electron chi connectivity index (χ4n) is 2.81. The number of carbonyl (C=O) groups excluding carboxylic acids is 1. The molecule has 0 atom stereocenters. The van der Waals surface area contributed by atoms with Crippen LogP contribution in [0.3, 0.4) is 0 Å². The molecule has 0 bridgehead atoms. The molecule has 1 aliphatic heterocycles. The van der Waals surface area contributed by atoms with E-state index in [-0.39, 0.29) is 6.03 Å². The van der Waals surface area contributed by atoms with Gasteiger partial charge in [0.05, 0.1) is 13.3 Å². The van der Waals surface area contributed by atoms with Crippen molar-refractivity contribution in [3.05, 3.63) is 48.4 Å². The standard InChI is InChI=1S/C18H23N5O2/c1-25-16-4-2-15(3-5-16)6-7-21-18(24)23-12-10-22(11-13-23)17-14-19-8-9-20-17/h2-5,8-9,14H,6-7,10-13H2,1H3,(H,21,24). The zero-order valence-electron chi connectivity index (χ0n) is 14.4. The van der Waals surface area contributed by atoms with Crippen LogP contribution in [0.1, 0.15) is 5.56 Å². The third-order valence-electron chi connectivity index (χ3n) is 4.29. The maximum atomic E-state index is 12.3. The maximum Gasteiger partial charge on any atom is 0.317 e. The summed E-state index contributed by atoms with van der Waals surface area (Å²) in [5.74, 6) is 1.70. The summed E-state index contributed by atoms with van der Waals surface area (Å²) in [6.45, 7) is 3.53. The number of nitrogens with zero attached hydrogens (tertiary/aromatic N) is 4. The monoisotopic (exact) mass is 341 g/mol. The second kappa shape index (κ2) is 8.32. The Balaban J connectivity index is 1.40. The molecular weight excluding hydrogens is 318 g/mol. The first-order chi connectivity index (χ1) is 12.3. The number of methoxy groups -OCH3 is 1. The van der Waals surface area contributed by atoms with E-state index in [0.717, 1.165) is 31.1 Å². The van der Waals surface area contributed by atoms with Crippen LogP contribution < -0.4 is 15.0 Å². The Morgan fingerprint density at radius 3 is 2.56 bits per heavy atom. The molecule has 0 aliphatic carbocycles. The molecule has 3 rings (SSSR count). The normalized spacial score (nSPS) is 14.3. The van der Waals surface area contributed by atoms with E-state index in [1.54, 1.807) is 25.7 Å². The Kier molecular flexibility index (Phi) is 5.66. The van der Waals surface area contributed by atoms with Crippen LogP contribution in [0.5, 0.6) is 5.75 Å². The number of piperazine rings is 1. The van der Waals surface area contributed by atoms with E-state index in [1.165, 1.54) is 5.56 Å². The number of nitrogens with one attached hydrogen (secondary N) is 1. The van der Waals surface area contributed by atoms with Gasteiger partial charge in [-0.15, -0.1) is 0 Å². The van der Waals surface area contributed by atoms with Gasteiger partial charge in [-0.25, -0.2) is 9.78 Å². The average molecular weight is 341 g/mol. The van der Waals surface area contributed by atoms with Crippen molar-refractivity contribution in [1.29, 1.82) is 0 Å². The van der Waals surface area contributed by atoms with Crippen LogP contribution in [0.4, 0.5) is 10.6 Å². The van der Waals surface area contributed by atoms with Crippen molar-refractivity contribution in [2.75, 3.05) is 44.7 Å². The summed E-state index contributed by atoms with van der Waals surface area (Å²) in [5.41, 5.74) is 1.17. The van der Waals surface area contributed by atoms with Gasteiger partial charge >= 0.3 is 6.03 Å². The van der Waals surface area contributed by atoms with Crippen molar-refractivity contribution in [3.8, 4) is 5.75 Å². The Bertz CT molecular complexity index is 670. The number of hydrogen-bond donors (Lipinski definition) is 1. The van der Waals surface area contributed by atoms with Crippen LogP contribution in [-0.2, 0) is 6.42 Å². The molecular formula is C18H23N5O2. The van der Waals surface area contributed by atoms with Gasteiger partial charge in [-0.2, -0.15) is 0 Å². The van der Waals surface area contributed by atoms with Crippen molar-refractivity contribution in [2.45, 2.75) is 6.42 Å². The molecule has 1 saturated heterocycles. The molecule has 0 unspecified atom stereocenters. The van der Waals surface area contributed by atoms with E-state index in [4.69, 9.17) is 4.74 Å². The summed E-state index contributed by atoms with van der Waals surface area (Å²) < 4.78 is 5.14. The highest BCUT2D eigenvalue weighted by molar-refractivity contribution is 5.74. The van der Waals surface area contributed by atoms with Crippen molar-refractivity contribution < 1.29 is 9.53 Å². The second-order valence-electron chi connectivity index (χ2n) is 5.87. The van der Waals surface area contributed by atoms with E-state index in [9.17, 15) is 4.79 Å². The number of anilines is 1. The summed E-state index contributed by atoms with van der Waals surface area (Å²) in [7, 11) is 1.65. The minimum absolute atomic E-state index is 0.00712. The van der Waals surface area contributed by atoms with Gasteiger partial charge in [0.2, 0.25) is 0 Å². The number of urea groups is 1. The predicted octanol–water partition coefficient (Wildman–Crippen LogP) is 1.56. The molecule has 1 aromatic carbocycles. The van der Waals surface area contributed by atoms with E-state index in [1.807, 2.05) is 29.2 Å². The van der Waals surface area contributed by atoms with E-state index < -0.39 is 0 Å². The number of rotatable bonds is 5. The van der Waals surface area contributed by atoms with Gasteiger partial charge in [0, 0.05) is 45.1 Å². The molecule has 132 valence electrons. The smallest absolute Gasteiger partial charge is 0.317 e. The highest BCUT2D eigenvalue weighted by Gasteiger charge is 2.21. The van der Waals surface area contributed by atoms with Gasteiger partial charge in [-0.1, -0.05) is 12.1 Å². The van der Waals surface area contributed by atoms with Gasteiger partial charge in [-0.3, -0.25) is 4.98 Å². The lowest BCUT2D eigenvalue weighted by Crippen LogP contribution is -2.52. The SMILES string of the molecule is COc1ccc(CCNC(=O)N2CCN(c3cnccn3)CC2)cc1. The van der Waals surface area contributed by atoms with Crippen LogP contribution >= 0.6 is 0 Å². The molecule has 1 aliphatic rings. The summed E-state index contributed by atoms with van der Waals surface area (Å²) in [6, 6.07) is 7.90. The first-order valence-electron chi connectivity index (χ1n) is 8.43. The molecule has 25 heavy (non-hydrogen) atoms. The van der Waals surface area contributed by atoms with Crippen molar-refractivity contribution in [3.63, 3.8) is 0 Å². The topological polar surface area (TPSA) is 70.6 Å². The molecule has 2 aromatic rings. The molecule has 0 spiro atoms. The number of amides is 2. The van der Waals surface area contributed by atoms with Crippen LogP contribution in [0, 0.1) is 0 Å². The average Bonchev–Trinajstić information content (AvgIpc) is 2.69. The number of ether oxygens (including phenoxy) is 1. The third kappa shape index (κ3) is 4.59. The molecule has 1 fully saturated rings. The highest BCUT2D eigenvalue weighted by Crippen LogP contribution is 2.12. The number of carbonyl (C=O) groups is 1. The van der Waals surface area contributed by atoms with Gasteiger partial charge in [0.15, 0.2) is 0 Å². The van der Waals surface area contributed by atoms with Crippen molar-refractivity contribution >= 4 is 11.8 Å². The zero-order valence-corrected chi connectivity index (χ0v) is 14.4. The summed E-state index contributed by atoms with van der Waals surface area (Å²) in [6.07, 6.45) is 5.91. The van der Waals surface area contributed by atoms with Crippen LogP contribution in [0.2, 0.25) is 0 Å².